The second kappa shape index (κ2) is 38.5. The molecule has 4 amide bonds. The lowest BCUT2D eigenvalue weighted by Gasteiger charge is -2.35. The number of fused-ring (bicyclic) bond motifs is 2. The van der Waals surface area contributed by atoms with Gasteiger partial charge in [-0.1, -0.05) is 116 Å². The van der Waals surface area contributed by atoms with Gasteiger partial charge in [0.15, 0.2) is 12.1 Å². The summed E-state index contributed by atoms with van der Waals surface area (Å²) in [7, 11) is 0. The number of carbonyl (C=O) groups is 6. The van der Waals surface area contributed by atoms with Gasteiger partial charge in [0.1, 0.15) is 59.2 Å². The summed E-state index contributed by atoms with van der Waals surface area (Å²) in [5, 5.41) is 5.33. The highest BCUT2D eigenvalue weighted by atomic mass is 32.1. The van der Waals surface area contributed by atoms with Crippen LogP contribution in [-0.2, 0) is 88.1 Å². The molecular formula is C108H118N6O22S2. The smallest absolute Gasteiger partial charge is 0.334 e. The van der Waals surface area contributed by atoms with Gasteiger partial charge in [0.25, 0.3) is 23.6 Å². The van der Waals surface area contributed by atoms with Crippen molar-refractivity contribution in [2.45, 2.75) is 152 Å². The highest BCUT2D eigenvalue weighted by Gasteiger charge is 2.50. The normalized spacial score (nSPS) is 21.2. The molecule has 10 aliphatic rings. The molecule has 0 bridgehead atoms. The number of esters is 2. The monoisotopic (exact) mass is 1910 g/mol. The van der Waals surface area contributed by atoms with Crippen molar-refractivity contribution in [3.63, 3.8) is 0 Å². The minimum Gasteiger partial charge on any atom is -0.461 e. The largest absolute Gasteiger partial charge is 0.461 e. The van der Waals surface area contributed by atoms with E-state index >= 15 is 28.8 Å². The summed E-state index contributed by atoms with van der Waals surface area (Å²) in [4.78, 5) is 111. The Morgan fingerprint density at radius 3 is 0.754 bits per heavy atom. The molecule has 8 saturated heterocycles. The van der Waals surface area contributed by atoms with E-state index in [1.54, 1.807) is 59.3 Å². The predicted octanol–water partition coefficient (Wildman–Crippen LogP) is 16.4. The van der Waals surface area contributed by atoms with Crippen LogP contribution in [0, 0.1) is 0 Å². The van der Waals surface area contributed by atoms with E-state index in [2.05, 4.69) is 75.0 Å². The first-order valence-electron chi connectivity index (χ1n) is 48.3. The third kappa shape index (κ3) is 20.6. The zero-order valence-corrected chi connectivity index (χ0v) is 81.3. The molecule has 0 radical (unpaired) electrons. The van der Waals surface area contributed by atoms with Crippen molar-refractivity contribution in [1.29, 1.82) is 0 Å². The summed E-state index contributed by atoms with van der Waals surface area (Å²) in [6.07, 6.45) is 1.12. The summed E-state index contributed by atoms with van der Waals surface area (Å²) < 4.78 is 100. The number of carbonyl (C=O) groups excluding carboxylic acids is 6. The Morgan fingerprint density at radius 2 is 0.558 bits per heavy atom. The first kappa shape index (κ1) is 93.8. The summed E-state index contributed by atoms with van der Waals surface area (Å²) in [5.74, 6) is -3.69. The van der Waals surface area contributed by atoms with Gasteiger partial charge >= 0.3 is 11.9 Å². The molecule has 0 spiro atoms. The lowest BCUT2D eigenvalue weighted by atomic mass is 9.80. The molecule has 724 valence electrons. The molecule has 30 heteroatoms. The van der Waals surface area contributed by atoms with Gasteiger partial charge in [-0.15, -0.1) is 22.7 Å². The Morgan fingerprint density at radius 1 is 0.333 bits per heavy atom. The van der Waals surface area contributed by atoms with Gasteiger partial charge in [-0.25, -0.2) is 9.59 Å². The number of ether oxygens (including phenoxy) is 16. The van der Waals surface area contributed by atoms with Gasteiger partial charge in [-0.2, -0.15) is 0 Å². The Labute approximate surface area is 809 Å². The molecule has 2 aromatic heterocycles. The molecule has 138 heavy (non-hydrogen) atoms. The number of nitrogens with zero attached hydrogens (tertiary/aromatic N) is 6. The average molecular weight is 1920 g/mol. The van der Waals surface area contributed by atoms with Crippen molar-refractivity contribution in [2.75, 3.05) is 171 Å². The SMILES string of the molecule is CCOCCOC(=O)C(c1cccs1)N1C(=O)c2cc(Oc3ccc(C(C)(C)CN(CC4CO4)CC4CO4)cc3)c3c4c(Oc5ccc(C(C)(C)CN(CC6CO6)CC6CO6)cc5)cc5c6c(cc(Oc7ccc(C(C)(C)CN(CC8CO8)CC8CO8)cc7)c(c7c(Oc8ccc(C(C)(C)CN(CC9CO9)CC9CO9)cc8)cc(c2c37)C1=O)c64)C(=O)N(C(C(=O)OCCOCC)c1cccs1)C5=O. The topological polar surface area (TPSA) is 296 Å². The van der Waals surface area contributed by atoms with Gasteiger partial charge < -0.3 is 75.8 Å². The number of thiophene rings is 2. The molecule has 12 heterocycles. The number of imide groups is 2. The Kier molecular flexibility index (Phi) is 26.2. The number of amides is 4. The van der Waals surface area contributed by atoms with Gasteiger partial charge in [0, 0.05) is 166 Å². The number of benzene rings is 9. The van der Waals surface area contributed by atoms with Crippen LogP contribution in [0.5, 0.6) is 46.0 Å². The fourth-order valence-corrected chi connectivity index (χ4v) is 21.9. The van der Waals surface area contributed by atoms with Crippen LogP contribution >= 0.6 is 22.7 Å². The molecule has 10 atom stereocenters. The molecule has 11 aromatic rings. The number of hydrogen-bond donors (Lipinski definition) is 0. The minimum atomic E-state index is -1.63. The van der Waals surface area contributed by atoms with Crippen molar-refractivity contribution in [3.8, 4) is 46.0 Å². The fourth-order valence-electron chi connectivity index (χ4n) is 20.3. The predicted molar refractivity (Wildman–Crippen MR) is 520 cm³/mol. The second-order valence-electron chi connectivity index (χ2n) is 40.7. The van der Waals surface area contributed by atoms with Crippen molar-refractivity contribution in [2.24, 2.45) is 0 Å². The van der Waals surface area contributed by atoms with Crippen LogP contribution in [0.25, 0.3) is 43.1 Å². The average Bonchev–Trinajstić information content (AvgIpc) is 1.62. The highest BCUT2D eigenvalue weighted by molar-refractivity contribution is 7.10. The van der Waals surface area contributed by atoms with Crippen molar-refractivity contribution >= 4 is 101 Å². The van der Waals surface area contributed by atoms with Gasteiger partial charge in [0.2, 0.25) is 0 Å². The molecule has 10 unspecified atom stereocenters. The van der Waals surface area contributed by atoms with Crippen LogP contribution in [0.3, 0.4) is 0 Å². The minimum absolute atomic E-state index is 0.0426. The summed E-state index contributed by atoms with van der Waals surface area (Å²) in [5.41, 5.74) is 2.08. The molecule has 0 N–H and O–H groups in total. The lowest BCUT2D eigenvalue weighted by molar-refractivity contribution is -0.150. The molecule has 10 aliphatic heterocycles. The van der Waals surface area contributed by atoms with Gasteiger partial charge in [-0.05, 0) is 132 Å². The van der Waals surface area contributed by atoms with Crippen LogP contribution in [0.2, 0.25) is 0 Å². The Hall–Kier alpha value is -10.5. The lowest BCUT2D eigenvalue weighted by Crippen LogP contribution is -2.46. The van der Waals surface area contributed by atoms with Crippen molar-refractivity contribution < 1.29 is 105 Å². The standard InChI is InChI=1S/C108H118N6O22S2/c1-11-121-33-35-123-103(119)97(87-15-13-37-137-87)113-99(115)79-39-83(133-67-25-17-63(18-26-67)105(3,4)59-109(43-71-51-125-71)44-72-52-126-72)91-93-85(135-69-29-21-65(22-30-69)107(7,8)61-111(47-75-55-129-75)48-76-56-130-76)41-81-90-82(102(118)114(101(81)117)98(88-16-14-38-138-88)104(120)124-36-34-122-12-2)42-86(136-70-31-23-66(24-32-70)108(9,10)62-112(49-77-57-131-77)50-78-58-132-78)94(96(90)93)92-84(40-80(100(113)116)89(79)95(91)92)134-68-27-19-64(20-28-68)106(5,6)60-110(45-73-53-127-73)46-74-54-128-74/h13-32,37-42,71-78,97-98H,11-12,33-36,43-62H2,1-10H3. The third-order valence-corrected chi connectivity index (χ3v) is 29.6. The molecule has 8 fully saturated rings. The van der Waals surface area contributed by atoms with Gasteiger partial charge in [-0.3, -0.25) is 48.6 Å². The molecule has 28 nitrogen and oxygen atoms in total. The van der Waals surface area contributed by atoms with E-state index < -0.39 is 69.3 Å². The van der Waals surface area contributed by atoms with Crippen LogP contribution in [0.15, 0.2) is 156 Å². The van der Waals surface area contributed by atoms with E-state index in [0.717, 1.165) is 84.4 Å². The maximum absolute atomic E-state index is 17.1. The van der Waals surface area contributed by atoms with Crippen molar-refractivity contribution in [3.05, 3.63) is 211 Å². The number of hydrogen-bond acceptors (Lipinski definition) is 28. The highest BCUT2D eigenvalue weighted by Crippen LogP contribution is 2.59. The van der Waals surface area contributed by atoms with E-state index in [9.17, 15) is 0 Å². The second-order valence-corrected chi connectivity index (χ2v) is 42.6. The van der Waals surface area contributed by atoms with Gasteiger partial charge in [0.05, 0.1) is 137 Å². The van der Waals surface area contributed by atoms with Crippen LogP contribution < -0.4 is 18.9 Å². The third-order valence-electron chi connectivity index (χ3n) is 27.7. The zero-order valence-electron chi connectivity index (χ0n) is 79.7. The van der Waals surface area contributed by atoms with Crippen LogP contribution in [0.1, 0.15) is 155 Å². The molecule has 0 aliphatic carbocycles. The van der Waals surface area contributed by atoms with Crippen molar-refractivity contribution in [1.82, 2.24) is 29.4 Å². The first-order valence-corrected chi connectivity index (χ1v) is 50.1. The molecule has 21 rings (SSSR count). The van der Waals surface area contributed by atoms with E-state index in [1.807, 2.05) is 111 Å². The molecule has 9 aromatic carbocycles. The first-order chi connectivity index (χ1) is 66.7. The zero-order chi connectivity index (χ0) is 95.2. The van der Waals surface area contributed by atoms with Crippen LogP contribution in [-0.4, -0.2) is 285 Å². The number of epoxide rings is 8. The summed E-state index contributed by atoms with van der Waals surface area (Å²) in [6.45, 7) is 36.1. The summed E-state index contributed by atoms with van der Waals surface area (Å²) >= 11 is 2.37. The Bertz CT molecular complexity index is 5610. The fraction of sp³-hybridized carbons (Fsp3) is 0.463. The van der Waals surface area contributed by atoms with E-state index in [0.29, 0.717) is 125 Å². The quantitative estimate of drug-likeness (QED) is 0.00854. The van der Waals surface area contributed by atoms with E-state index in [1.165, 1.54) is 22.7 Å². The summed E-state index contributed by atoms with van der Waals surface area (Å²) in [6, 6.07) is 41.5. The van der Waals surface area contributed by atoms with Crippen LogP contribution in [0.4, 0.5) is 0 Å². The van der Waals surface area contributed by atoms with E-state index in [-0.39, 0.29) is 164 Å². The maximum atomic E-state index is 17.1. The van der Waals surface area contributed by atoms with E-state index in [4.69, 9.17) is 75.8 Å². The Balaban J connectivity index is 0.821. The molecular weight excluding hydrogens is 1800 g/mol. The maximum Gasteiger partial charge on any atom is 0.334 e. The number of rotatable bonds is 50. The molecule has 0 saturated carbocycles.